The Labute approximate surface area is 89.3 Å². The van der Waals surface area contributed by atoms with Crippen molar-refractivity contribution < 1.29 is 19.1 Å². The highest BCUT2D eigenvalue weighted by molar-refractivity contribution is 5.97. The predicted octanol–water partition coefficient (Wildman–Crippen LogP) is 0.0444. The highest BCUT2D eigenvalue weighted by Gasteiger charge is 2.30. The molecule has 1 saturated heterocycles. The molecule has 0 aromatic carbocycles. The molecule has 1 aliphatic rings. The van der Waals surface area contributed by atoms with Gasteiger partial charge in [0.05, 0.1) is 20.3 Å². The van der Waals surface area contributed by atoms with Gasteiger partial charge in [0.15, 0.2) is 0 Å². The Bertz CT molecular complexity index is 236. The normalized spacial score (nSPS) is 18.4. The van der Waals surface area contributed by atoms with Crippen LogP contribution in [0.25, 0.3) is 0 Å². The predicted molar refractivity (Wildman–Crippen MR) is 53.2 cm³/mol. The number of nitrogens with zero attached hydrogens (tertiary/aromatic N) is 1. The van der Waals surface area contributed by atoms with E-state index in [1.807, 2.05) is 0 Å². The number of rotatable bonds is 3. The zero-order chi connectivity index (χ0) is 11.3. The van der Waals surface area contributed by atoms with Crippen molar-refractivity contribution in [3.05, 3.63) is 0 Å². The summed E-state index contributed by atoms with van der Waals surface area (Å²) < 4.78 is 9.74. The van der Waals surface area contributed by atoms with E-state index in [1.165, 1.54) is 7.11 Å². The lowest BCUT2D eigenvalue weighted by molar-refractivity contribution is -0.155. The van der Waals surface area contributed by atoms with Crippen molar-refractivity contribution in [1.29, 1.82) is 0 Å². The quantitative estimate of drug-likeness (QED) is 0.493. The lowest BCUT2D eigenvalue weighted by atomic mass is 10.1. The number of carbonyl (C=O) groups excluding carboxylic acids is 2. The number of methoxy groups -OCH3 is 1. The third-order valence-electron chi connectivity index (χ3n) is 2.51. The molecule has 0 aromatic heterocycles. The number of amides is 1. The number of carbonyl (C=O) groups is 2. The maximum Gasteiger partial charge on any atom is 0.318 e. The van der Waals surface area contributed by atoms with Crippen LogP contribution >= 0.6 is 0 Å². The molecule has 0 radical (unpaired) electrons. The zero-order valence-electron chi connectivity index (χ0n) is 9.19. The molecule has 1 heterocycles. The summed E-state index contributed by atoms with van der Waals surface area (Å²) >= 11 is 0. The topological polar surface area (TPSA) is 55.8 Å². The third-order valence-corrected chi connectivity index (χ3v) is 2.51. The fourth-order valence-corrected chi connectivity index (χ4v) is 1.59. The number of esters is 1. The lowest BCUT2D eigenvalue weighted by Gasteiger charge is -2.29. The number of morpholine rings is 1. The van der Waals surface area contributed by atoms with Gasteiger partial charge in [0.25, 0.3) is 0 Å². The van der Waals surface area contributed by atoms with Crippen molar-refractivity contribution in [2.24, 2.45) is 5.92 Å². The highest BCUT2D eigenvalue weighted by Crippen LogP contribution is 2.11. The maximum absolute atomic E-state index is 11.9. The minimum Gasteiger partial charge on any atom is -0.468 e. The first kappa shape index (κ1) is 12.0. The van der Waals surface area contributed by atoms with E-state index < -0.39 is 11.9 Å². The van der Waals surface area contributed by atoms with Gasteiger partial charge in [-0.1, -0.05) is 6.92 Å². The van der Waals surface area contributed by atoms with E-state index in [2.05, 4.69) is 4.74 Å². The molecule has 15 heavy (non-hydrogen) atoms. The van der Waals surface area contributed by atoms with Gasteiger partial charge in [-0.2, -0.15) is 0 Å². The maximum atomic E-state index is 11.9. The second-order valence-electron chi connectivity index (χ2n) is 3.42. The first-order valence-electron chi connectivity index (χ1n) is 5.15. The van der Waals surface area contributed by atoms with Crippen molar-refractivity contribution in [3.63, 3.8) is 0 Å². The minimum absolute atomic E-state index is 0.146. The molecule has 0 spiro atoms. The van der Waals surface area contributed by atoms with Crippen LogP contribution in [0.5, 0.6) is 0 Å². The van der Waals surface area contributed by atoms with Gasteiger partial charge in [-0.15, -0.1) is 0 Å². The fraction of sp³-hybridized carbons (Fsp3) is 0.800. The summed E-state index contributed by atoms with van der Waals surface area (Å²) in [6.07, 6.45) is 0.475. The first-order valence-corrected chi connectivity index (χ1v) is 5.15. The molecule has 0 aromatic rings. The molecule has 1 atom stereocenters. The third kappa shape index (κ3) is 2.92. The second-order valence-corrected chi connectivity index (χ2v) is 3.42. The molecule has 1 fully saturated rings. The van der Waals surface area contributed by atoms with E-state index >= 15 is 0 Å². The molecule has 0 N–H and O–H groups in total. The van der Waals surface area contributed by atoms with E-state index in [0.717, 1.165) is 0 Å². The molecule has 0 bridgehead atoms. The standard InChI is InChI=1S/C10H17NO4/c1-3-8(10(13)14-2)9(12)11-4-6-15-7-5-11/h8H,3-7H2,1-2H3. The molecule has 5 nitrogen and oxygen atoms in total. The largest absolute Gasteiger partial charge is 0.468 e. The van der Waals surface area contributed by atoms with Crippen molar-refractivity contribution in [1.82, 2.24) is 4.90 Å². The summed E-state index contributed by atoms with van der Waals surface area (Å²) in [7, 11) is 1.30. The number of ether oxygens (including phenoxy) is 2. The van der Waals surface area contributed by atoms with Gasteiger partial charge in [0.2, 0.25) is 5.91 Å². The fourth-order valence-electron chi connectivity index (χ4n) is 1.59. The number of hydrogen-bond donors (Lipinski definition) is 0. The van der Waals surface area contributed by atoms with Crippen LogP contribution in [0, 0.1) is 5.92 Å². The van der Waals surface area contributed by atoms with Crippen LogP contribution in [0.4, 0.5) is 0 Å². The molecule has 1 rings (SSSR count). The van der Waals surface area contributed by atoms with Crippen LogP contribution < -0.4 is 0 Å². The molecule has 1 unspecified atom stereocenters. The van der Waals surface area contributed by atoms with Crippen molar-refractivity contribution in [2.45, 2.75) is 13.3 Å². The monoisotopic (exact) mass is 215 g/mol. The molecular formula is C10H17NO4. The van der Waals surface area contributed by atoms with Crippen molar-refractivity contribution in [2.75, 3.05) is 33.4 Å². The summed E-state index contributed by atoms with van der Waals surface area (Å²) in [6.45, 7) is 4.02. The minimum atomic E-state index is -0.659. The van der Waals surface area contributed by atoms with E-state index in [9.17, 15) is 9.59 Å². The first-order chi connectivity index (χ1) is 7.20. The van der Waals surface area contributed by atoms with E-state index in [0.29, 0.717) is 32.7 Å². The Hall–Kier alpha value is -1.10. The van der Waals surface area contributed by atoms with Crippen LogP contribution in [0.1, 0.15) is 13.3 Å². The van der Waals surface area contributed by atoms with E-state index in [-0.39, 0.29) is 5.91 Å². The van der Waals surface area contributed by atoms with Gasteiger partial charge in [0, 0.05) is 13.1 Å². The number of hydrogen-bond acceptors (Lipinski definition) is 4. The molecule has 5 heteroatoms. The van der Waals surface area contributed by atoms with Gasteiger partial charge in [-0.3, -0.25) is 9.59 Å². The molecular weight excluding hydrogens is 198 g/mol. The van der Waals surface area contributed by atoms with Crippen LogP contribution in [0.15, 0.2) is 0 Å². The smallest absolute Gasteiger partial charge is 0.318 e. The summed E-state index contributed by atoms with van der Waals surface area (Å²) in [4.78, 5) is 24.9. The van der Waals surface area contributed by atoms with Crippen LogP contribution in [-0.2, 0) is 19.1 Å². The van der Waals surface area contributed by atoms with Crippen LogP contribution in [-0.4, -0.2) is 50.2 Å². The van der Waals surface area contributed by atoms with Crippen LogP contribution in [0.2, 0.25) is 0 Å². The summed E-state index contributed by atoms with van der Waals surface area (Å²) in [5.41, 5.74) is 0. The van der Waals surface area contributed by atoms with E-state index in [4.69, 9.17) is 4.74 Å². The summed E-state index contributed by atoms with van der Waals surface area (Å²) in [5.74, 6) is -1.25. The molecule has 0 aliphatic carbocycles. The SMILES string of the molecule is CCC(C(=O)OC)C(=O)N1CCOCC1. The van der Waals surface area contributed by atoms with E-state index in [1.54, 1.807) is 11.8 Å². The van der Waals surface area contributed by atoms with Gasteiger partial charge >= 0.3 is 5.97 Å². The van der Waals surface area contributed by atoms with Gasteiger partial charge < -0.3 is 14.4 Å². The Balaban J connectivity index is 2.58. The molecule has 0 saturated carbocycles. The zero-order valence-corrected chi connectivity index (χ0v) is 9.19. The van der Waals surface area contributed by atoms with Crippen LogP contribution in [0.3, 0.4) is 0 Å². The summed E-state index contributed by atoms with van der Waals surface area (Å²) in [5, 5.41) is 0. The Morgan fingerprint density at radius 1 is 1.40 bits per heavy atom. The van der Waals surface area contributed by atoms with Crippen molar-refractivity contribution >= 4 is 11.9 Å². The summed E-state index contributed by atoms with van der Waals surface area (Å²) in [6, 6.07) is 0. The average Bonchev–Trinajstić information content (AvgIpc) is 2.30. The Morgan fingerprint density at radius 3 is 2.47 bits per heavy atom. The lowest BCUT2D eigenvalue weighted by Crippen LogP contribution is -2.45. The molecule has 1 aliphatic heterocycles. The molecule has 86 valence electrons. The van der Waals surface area contributed by atoms with Gasteiger partial charge in [-0.25, -0.2) is 0 Å². The van der Waals surface area contributed by atoms with Crippen molar-refractivity contribution in [3.8, 4) is 0 Å². The second kappa shape index (κ2) is 5.70. The highest BCUT2D eigenvalue weighted by atomic mass is 16.5. The average molecular weight is 215 g/mol. The Morgan fingerprint density at radius 2 is 2.00 bits per heavy atom. The van der Waals surface area contributed by atoms with Gasteiger partial charge in [0.1, 0.15) is 5.92 Å². The molecule has 1 amide bonds. The van der Waals surface area contributed by atoms with Gasteiger partial charge in [-0.05, 0) is 6.42 Å². The Kier molecular flexibility index (Phi) is 4.55.